The third-order valence-corrected chi connectivity index (χ3v) is 3.57. The minimum atomic E-state index is -0.238. The maximum Gasteiger partial charge on any atom is 0.134 e. The van der Waals surface area contributed by atoms with Gasteiger partial charge in [0.15, 0.2) is 0 Å². The van der Waals surface area contributed by atoms with Crippen molar-refractivity contribution in [3.05, 3.63) is 71.7 Å². The van der Waals surface area contributed by atoms with Gasteiger partial charge in [0, 0.05) is 5.39 Å². The zero-order valence-electron chi connectivity index (χ0n) is 12.0. The molecule has 0 amide bonds. The molecule has 0 saturated heterocycles. The average molecular weight is 283 g/mol. The van der Waals surface area contributed by atoms with Crippen LogP contribution in [0.3, 0.4) is 0 Å². The summed E-state index contributed by atoms with van der Waals surface area (Å²) in [4.78, 5) is 0. The van der Waals surface area contributed by atoms with E-state index in [2.05, 4.69) is 24.4 Å². The van der Waals surface area contributed by atoms with E-state index < -0.39 is 0 Å². The number of likely N-dealkylation sites (N-methyl/N-ethyl adjacent to an activating group) is 1. The molecule has 0 aliphatic heterocycles. The lowest BCUT2D eigenvalue weighted by Gasteiger charge is -2.15. The van der Waals surface area contributed by atoms with E-state index in [-0.39, 0.29) is 11.9 Å². The summed E-state index contributed by atoms with van der Waals surface area (Å²) in [6.07, 6.45) is 0.844. The molecule has 0 bridgehead atoms. The fraction of sp³-hybridized carbons (Fsp3) is 0.222. The van der Waals surface area contributed by atoms with E-state index >= 15 is 0 Å². The number of hydrogen-bond donors (Lipinski definition) is 1. The van der Waals surface area contributed by atoms with Gasteiger partial charge in [-0.1, -0.05) is 37.3 Å². The Hall–Kier alpha value is -2.13. The summed E-state index contributed by atoms with van der Waals surface area (Å²) in [7, 11) is 0. The van der Waals surface area contributed by atoms with Crippen LogP contribution in [0.15, 0.2) is 59.0 Å². The molecule has 21 heavy (non-hydrogen) atoms. The van der Waals surface area contributed by atoms with Gasteiger partial charge >= 0.3 is 0 Å². The van der Waals surface area contributed by atoms with Crippen molar-refractivity contribution in [1.29, 1.82) is 0 Å². The standard InChI is InChI=1S/C18H18FNO/c1-2-20-16(10-13-6-4-3-5-7-13)18-12-14-11-15(19)8-9-17(14)21-18/h3-9,11-12,16,20H,2,10H2,1H3. The van der Waals surface area contributed by atoms with Crippen LogP contribution in [0.2, 0.25) is 0 Å². The summed E-state index contributed by atoms with van der Waals surface area (Å²) in [6, 6.07) is 16.9. The van der Waals surface area contributed by atoms with Gasteiger partial charge in [0.25, 0.3) is 0 Å². The first-order chi connectivity index (χ1) is 10.3. The lowest BCUT2D eigenvalue weighted by atomic mass is 10.0. The molecule has 0 radical (unpaired) electrons. The van der Waals surface area contributed by atoms with Crippen molar-refractivity contribution < 1.29 is 8.81 Å². The molecule has 1 heterocycles. The Kier molecular flexibility index (Phi) is 4.02. The van der Waals surface area contributed by atoms with Crippen molar-refractivity contribution in [3.63, 3.8) is 0 Å². The lowest BCUT2D eigenvalue weighted by Crippen LogP contribution is -2.22. The van der Waals surface area contributed by atoms with Gasteiger partial charge in [-0.3, -0.25) is 0 Å². The molecule has 0 saturated carbocycles. The maximum absolute atomic E-state index is 13.3. The van der Waals surface area contributed by atoms with Crippen molar-refractivity contribution in [1.82, 2.24) is 5.32 Å². The van der Waals surface area contributed by atoms with E-state index in [1.54, 1.807) is 6.07 Å². The fourth-order valence-corrected chi connectivity index (χ4v) is 2.58. The lowest BCUT2D eigenvalue weighted by molar-refractivity contribution is 0.435. The second-order valence-corrected chi connectivity index (χ2v) is 5.13. The highest BCUT2D eigenvalue weighted by atomic mass is 19.1. The van der Waals surface area contributed by atoms with Crippen molar-refractivity contribution in [3.8, 4) is 0 Å². The van der Waals surface area contributed by atoms with Gasteiger partial charge in [0.1, 0.15) is 17.2 Å². The van der Waals surface area contributed by atoms with E-state index in [1.807, 2.05) is 24.3 Å². The summed E-state index contributed by atoms with van der Waals surface area (Å²) in [5.74, 6) is 0.610. The Morgan fingerprint density at radius 2 is 1.90 bits per heavy atom. The molecule has 3 aromatic rings. The first kappa shape index (κ1) is 13.8. The SMILES string of the molecule is CCNC(Cc1ccccc1)c1cc2cc(F)ccc2o1. The van der Waals surface area contributed by atoms with Gasteiger partial charge < -0.3 is 9.73 Å². The first-order valence-electron chi connectivity index (χ1n) is 7.22. The molecule has 1 aromatic heterocycles. The molecule has 1 N–H and O–H groups in total. The summed E-state index contributed by atoms with van der Waals surface area (Å²) in [5, 5.41) is 4.24. The molecular weight excluding hydrogens is 265 g/mol. The molecule has 3 heteroatoms. The van der Waals surface area contributed by atoms with Gasteiger partial charge in [-0.2, -0.15) is 0 Å². The minimum Gasteiger partial charge on any atom is -0.459 e. The van der Waals surface area contributed by atoms with Crippen LogP contribution < -0.4 is 5.32 Å². The number of hydrogen-bond acceptors (Lipinski definition) is 2. The molecule has 1 unspecified atom stereocenters. The third-order valence-electron chi connectivity index (χ3n) is 3.57. The second-order valence-electron chi connectivity index (χ2n) is 5.13. The van der Waals surface area contributed by atoms with Gasteiger partial charge in [-0.15, -0.1) is 0 Å². The zero-order chi connectivity index (χ0) is 14.7. The highest BCUT2D eigenvalue weighted by molar-refractivity contribution is 5.78. The summed E-state index contributed by atoms with van der Waals surface area (Å²) >= 11 is 0. The molecule has 0 spiro atoms. The summed E-state index contributed by atoms with van der Waals surface area (Å²) in [6.45, 7) is 2.92. The monoisotopic (exact) mass is 283 g/mol. The Morgan fingerprint density at radius 1 is 1.10 bits per heavy atom. The third kappa shape index (κ3) is 3.14. The average Bonchev–Trinajstić information content (AvgIpc) is 2.91. The summed E-state index contributed by atoms with van der Waals surface area (Å²) in [5.41, 5.74) is 1.97. The highest BCUT2D eigenvalue weighted by Gasteiger charge is 2.16. The topological polar surface area (TPSA) is 25.2 Å². The van der Waals surface area contributed by atoms with Gasteiger partial charge in [-0.25, -0.2) is 4.39 Å². The van der Waals surface area contributed by atoms with Gasteiger partial charge in [0.05, 0.1) is 6.04 Å². The molecule has 0 aliphatic carbocycles. The second kappa shape index (κ2) is 6.10. The van der Waals surface area contributed by atoms with E-state index in [4.69, 9.17) is 4.42 Å². The van der Waals surface area contributed by atoms with E-state index in [9.17, 15) is 4.39 Å². The first-order valence-corrected chi connectivity index (χ1v) is 7.22. The number of benzene rings is 2. The van der Waals surface area contributed by atoms with Crippen LogP contribution in [0.1, 0.15) is 24.3 Å². The quantitative estimate of drug-likeness (QED) is 0.747. The van der Waals surface area contributed by atoms with E-state index in [1.165, 1.54) is 17.7 Å². The maximum atomic E-state index is 13.3. The van der Waals surface area contributed by atoms with Crippen LogP contribution in [0.4, 0.5) is 4.39 Å². The molecule has 2 nitrogen and oxygen atoms in total. The van der Waals surface area contributed by atoms with Crippen LogP contribution in [0.25, 0.3) is 11.0 Å². The van der Waals surface area contributed by atoms with Crippen LogP contribution in [0.5, 0.6) is 0 Å². The molecule has 2 aromatic carbocycles. The van der Waals surface area contributed by atoms with Gasteiger partial charge in [-0.05, 0) is 42.8 Å². The van der Waals surface area contributed by atoms with Crippen LogP contribution in [-0.4, -0.2) is 6.54 Å². The zero-order valence-corrected chi connectivity index (χ0v) is 12.0. The molecule has 108 valence electrons. The Bertz CT molecular complexity index is 720. The molecule has 3 rings (SSSR count). The molecule has 1 atom stereocenters. The smallest absolute Gasteiger partial charge is 0.134 e. The van der Waals surface area contributed by atoms with Crippen LogP contribution >= 0.6 is 0 Å². The number of fused-ring (bicyclic) bond motifs is 1. The number of rotatable bonds is 5. The Morgan fingerprint density at radius 3 is 2.67 bits per heavy atom. The van der Waals surface area contributed by atoms with Crippen molar-refractivity contribution >= 4 is 11.0 Å². The van der Waals surface area contributed by atoms with E-state index in [0.717, 1.165) is 29.7 Å². The molecular formula is C18H18FNO. The van der Waals surface area contributed by atoms with E-state index in [0.29, 0.717) is 0 Å². The Labute approximate surface area is 123 Å². The normalized spacial score (nSPS) is 12.7. The van der Waals surface area contributed by atoms with Crippen molar-refractivity contribution in [2.75, 3.05) is 6.54 Å². The van der Waals surface area contributed by atoms with Crippen LogP contribution in [-0.2, 0) is 6.42 Å². The Balaban J connectivity index is 1.91. The number of furan rings is 1. The largest absolute Gasteiger partial charge is 0.459 e. The minimum absolute atomic E-state index is 0.0906. The number of nitrogens with one attached hydrogen (secondary N) is 1. The number of halogens is 1. The van der Waals surface area contributed by atoms with Crippen molar-refractivity contribution in [2.45, 2.75) is 19.4 Å². The highest BCUT2D eigenvalue weighted by Crippen LogP contribution is 2.26. The summed E-state index contributed by atoms with van der Waals surface area (Å²) < 4.78 is 19.2. The van der Waals surface area contributed by atoms with Crippen molar-refractivity contribution in [2.24, 2.45) is 0 Å². The molecule has 0 fully saturated rings. The van der Waals surface area contributed by atoms with Crippen LogP contribution in [0, 0.1) is 5.82 Å². The predicted octanol–water partition coefficient (Wildman–Crippen LogP) is 4.47. The fourth-order valence-electron chi connectivity index (χ4n) is 2.58. The van der Waals surface area contributed by atoms with Gasteiger partial charge in [0.2, 0.25) is 0 Å². The predicted molar refractivity (Wildman–Crippen MR) is 82.7 cm³/mol. The molecule has 0 aliphatic rings.